The van der Waals surface area contributed by atoms with E-state index in [9.17, 15) is 0 Å². The van der Waals surface area contributed by atoms with Crippen molar-refractivity contribution >= 4 is 45.6 Å². The third kappa shape index (κ3) is 8.29. The lowest BCUT2D eigenvalue weighted by molar-refractivity contribution is -0.0987. The molecule has 0 saturated heterocycles. The van der Waals surface area contributed by atoms with Crippen molar-refractivity contribution in [3.63, 3.8) is 0 Å². The summed E-state index contributed by atoms with van der Waals surface area (Å²) in [6.45, 7) is 7.26. The molecule has 0 radical (unpaired) electrons. The maximum Gasteiger partial charge on any atom is 0.106 e. The summed E-state index contributed by atoms with van der Waals surface area (Å²) >= 11 is 2.59. The molecule has 1 aliphatic rings. The van der Waals surface area contributed by atoms with Crippen molar-refractivity contribution < 1.29 is 14.1 Å². The maximum atomic E-state index is 8.00. The van der Waals surface area contributed by atoms with Crippen LogP contribution in [0.1, 0.15) is 26.2 Å². The van der Waals surface area contributed by atoms with Crippen molar-refractivity contribution in [1.82, 2.24) is 0 Å². The Bertz CT molecular complexity index is 147. The summed E-state index contributed by atoms with van der Waals surface area (Å²) in [5.74, 6) is 1.84. The van der Waals surface area contributed by atoms with Gasteiger partial charge in [0.1, 0.15) is 13.6 Å². The summed E-state index contributed by atoms with van der Waals surface area (Å²) in [5, 5.41) is 0. The Morgan fingerprint density at radius 2 is 1.87 bits per heavy atom. The first-order valence-corrected chi connectivity index (χ1v) is 6.49. The number of halogens is 1. The molecule has 4 unspecified atom stereocenters. The molecule has 0 aliphatic heterocycles. The van der Waals surface area contributed by atoms with Crippen LogP contribution in [0.3, 0.4) is 0 Å². The van der Waals surface area contributed by atoms with Crippen molar-refractivity contribution in [1.29, 1.82) is 0 Å². The lowest BCUT2D eigenvalue weighted by Crippen LogP contribution is -2.07. The highest BCUT2D eigenvalue weighted by Gasteiger charge is 2.29. The number of rotatable bonds is 3. The van der Waals surface area contributed by atoms with Crippen LogP contribution in [0.4, 0.5) is 0 Å². The van der Waals surface area contributed by atoms with E-state index in [2.05, 4.69) is 39.0 Å². The fraction of sp³-hybridized carbons (Fsp3) is 0.800. The summed E-state index contributed by atoms with van der Waals surface area (Å²) in [6, 6.07) is 0. The lowest BCUT2D eigenvalue weighted by Gasteiger charge is -2.12. The van der Waals surface area contributed by atoms with Gasteiger partial charge in [-0.05, 0) is 31.1 Å². The molecule has 0 aromatic heterocycles. The molecule has 90 valence electrons. The van der Waals surface area contributed by atoms with E-state index >= 15 is 0 Å². The topological polar surface area (TPSA) is 43.4 Å². The second-order valence-corrected chi connectivity index (χ2v) is 5.45. The predicted molar refractivity (Wildman–Crippen MR) is 74.2 cm³/mol. The molecule has 1 fully saturated rings. The Morgan fingerprint density at radius 1 is 1.33 bits per heavy atom. The van der Waals surface area contributed by atoms with Crippen molar-refractivity contribution in [2.24, 2.45) is 11.8 Å². The number of hydrogen-bond acceptors (Lipinski definition) is 3. The molecule has 1 rings (SSSR count). The zero-order chi connectivity index (χ0) is 12.3. The molecule has 0 aromatic rings. The van der Waals surface area contributed by atoms with Crippen LogP contribution < -0.4 is 0 Å². The van der Waals surface area contributed by atoms with Crippen LogP contribution in [-0.2, 0) is 14.1 Å². The largest absolute Gasteiger partial charge is 0.366 e. The molecule has 0 bridgehead atoms. The maximum absolute atomic E-state index is 8.00. The van der Waals surface area contributed by atoms with E-state index in [-0.39, 0.29) is 0 Å². The molecule has 0 aromatic carbocycles. The minimum Gasteiger partial charge on any atom is -0.366 e. The molecule has 5 heteroatoms. The number of carbonyl (C=O) groups is 2. The van der Waals surface area contributed by atoms with Gasteiger partial charge in [-0.25, -0.2) is 0 Å². The van der Waals surface area contributed by atoms with Crippen molar-refractivity contribution in [2.75, 3.05) is 6.61 Å². The fourth-order valence-electron chi connectivity index (χ4n) is 1.86. The van der Waals surface area contributed by atoms with Gasteiger partial charge in [0, 0.05) is 13.4 Å². The van der Waals surface area contributed by atoms with E-state index in [1.165, 1.54) is 19.3 Å². The van der Waals surface area contributed by atoms with Crippen LogP contribution in [0.25, 0.3) is 0 Å². The summed E-state index contributed by atoms with van der Waals surface area (Å²) in [5.41, 5.74) is 0. The van der Waals surface area contributed by atoms with Crippen LogP contribution in [0.2, 0.25) is 0 Å². The van der Waals surface area contributed by atoms with Crippen LogP contribution in [0.5, 0.6) is 0 Å². The Balaban J connectivity index is 0. The van der Waals surface area contributed by atoms with Crippen LogP contribution >= 0.6 is 32.1 Å². The highest BCUT2D eigenvalue weighted by molar-refractivity contribution is 14.1. The van der Waals surface area contributed by atoms with Gasteiger partial charge in [-0.2, -0.15) is 0 Å². The van der Waals surface area contributed by atoms with Gasteiger partial charge >= 0.3 is 0 Å². The van der Waals surface area contributed by atoms with Crippen LogP contribution in [0, 0.1) is 11.8 Å². The molecule has 15 heavy (non-hydrogen) atoms. The lowest BCUT2D eigenvalue weighted by atomic mass is 10.0. The third-order valence-electron chi connectivity index (χ3n) is 2.45. The Kier molecular flexibility index (Phi) is 14.9. The van der Waals surface area contributed by atoms with Gasteiger partial charge in [-0.1, -0.05) is 29.5 Å². The molecule has 0 amide bonds. The summed E-state index contributed by atoms with van der Waals surface area (Å²) in [6.07, 6.45) is 4.05. The average molecular weight is 346 g/mol. The quantitative estimate of drug-likeness (QED) is 0.448. The zero-order valence-electron chi connectivity index (χ0n) is 9.15. The highest BCUT2D eigenvalue weighted by atomic mass is 127. The number of carbonyl (C=O) groups excluding carboxylic acids is 2. The Morgan fingerprint density at radius 3 is 2.20 bits per heavy atom. The minimum atomic E-state index is 0.891. The van der Waals surface area contributed by atoms with Crippen molar-refractivity contribution in [3.05, 3.63) is 0 Å². The van der Waals surface area contributed by atoms with Crippen LogP contribution in [-0.4, -0.2) is 24.1 Å². The first kappa shape index (κ1) is 17.8. The molecule has 3 nitrogen and oxygen atoms in total. The first-order chi connectivity index (χ1) is 7.24. The predicted octanol–water partition coefficient (Wildman–Crippen LogP) is 2.66. The number of alkyl halides is 1. The SMILES string of the molecule is C=O.C=O.CC1CC(I)C(CCOP)C1. The fourth-order valence-corrected chi connectivity index (χ4v) is 3.51. The van der Waals surface area contributed by atoms with Crippen molar-refractivity contribution in [2.45, 2.75) is 30.1 Å². The molecule has 0 N–H and O–H groups in total. The van der Waals surface area contributed by atoms with Gasteiger partial charge in [0.15, 0.2) is 0 Å². The van der Waals surface area contributed by atoms with E-state index in [1.807, 2.05) is 13.6 Å². The standard InChI is InChI=1S/C8H16IOP.2CH2O/c1-6-4-7(2-3-10-11)8(9)5-6;2*1-2/h6-8H,2-5,11H2,1H3;2*1H2. The van der Waals surface area contributed by atoms with Crippen molar-refractivity contribution in [3.8, 4) is 0 Å². The monoisotopic (exact) mass is 346 g/mol. The normalized spacial score (nSPS) is 28.3. The van der Waals surface area contributed by atoms with Gasteiger partial charge in [-0.3, -0.25) is 0 Å². The summed E-state index contributed by atoms with van der Waals surface area (Å²) in [4.78, 5) is 16.0. The van der Waals surface area contributed by atoms with Gasteiger partial charge in [0.25, 0.3) is 0 Å². The molecule has 1 aliphatic carbocycles. The molecule has 0 spiro atoms. The smallest absolute Gasteiger partial charge is 0.106 e. The average Bonchev–Trinajstić information content (AvgIpc) is 2.60. The highest BCUT2D eigenvalue weighted by Crippen LogP contribution is 2.38. The molecular weight excluding hydrogens is 326 g/mol. The van der Waals surface area contributed by atoms with E-state index in [1.54, 1.807) is 0 Å². The minimum absolute atomic E-state index is 0.891. The first-order valence-electron chi connectivity index (χ1n) is 4.77. The van der Waals surface area contributed by atoms with Gasteiger partial charge in [0.2, 0.25) is 0 Å². The van der Waals surface area contributed by atoms with Gasteiger partial charge in [0.05, 0.1) is 6.61 Å². The van der Waals surface area contributed by atoms with Crippen LogP contribution in [0.15, 0.2) is 0 Å². The van der Waals surface area contributed by atoms with E-state index in [4.69, 9.17) is 14.1 Å². The van der Waals surface area contributed by atoms with E-state index in [0.717, 1.165) is 22.4 Å². The molecule has 1 saturated carbocycles. The molecule has 0 heterocycles. The zero-order valence-corrected chi connectivity index (χ0v) is 12.5. The van der Waals surface area contributed by atoms with E-state index in [0.29, 0.717) is 0 Å². The Labute approximate surface area is 108 Å². The third-order valence-corrected chi connectivity index (χ3v) is 4.21. The summed E-state index contributed by atoms with van der Waals surface area (Å²) < 4.78 is 5.89. The molecule has 4 atom stereocenters. The Hall–Kier alpha value is 0.460. The second kappa shape index (κ2) is 12.5. The number of hydrogen-bond donors (Lipinski definition) is 0. The molecular formula is C10H20IO3P. The van der Waals surface area contributed by atoms with Gasteiger partial charge in [-0.15, -0.1) is 0 Å². The van der Waals surface area contributed by atoms with E-state index < -0.39 is 0 Å². The second-order valence-electron chi connectivity index (χ2n) is 3.51. The van der Waals surface area contributed by atoms with Gasteiger partial charge < -0.3 is 14.1 Å². The summed E-state index contributed by atoms with van der Waals surface area (Å²) in [7, 11) is 2.32.